The van der Waals surface area contributed by atoms with Crippen LogP contribution >= 0.6 is 0 Å². The van der Waals surface area contributed by atoms with Crippen molar-refractivity contribution in [2.24, 2.45) is 5.92 Å². The van der Waals surface area contributed by atoms with E-state index in [1.807, 2.05) is 0 Å². The van der Waals surface area contributed by atoms with Crippen molar-refractivity contribution in [1.82, 2.24) is 0 Å². The highest BCUT2D eigenvalue weighted by atomic mass is 15.1. The summed E-state index contributed by atoms with van der Waals surface area (Å²) in [4.78, 5) is 2.11. The van der Waals surface area contributed by atoms with E-state index in [0.29, 0.717) is 5.92 Å². The lowest BCUT2D eigenvalue weighted by Gasteiger charge is -2.21. The van der Waals surface area contributed by atoms with Crippen molar-refractivity contribution in [3.05, 3.63) is 29.8 Å². The Balaban J connectivity index is 2.20. The summed E-state index contributed by atoms with van der Waals surface area (Å²) in [5, 5.41) is 9.33. The molecule has 0 radical (unpaired) electrons. The minimum Gasteiger partial charge on any atom is -0.378 e. The second kappa shape index (κ2) is 5.91. The number of anilines is 1. The van der Waals surface area contributed by atoms with E-state index in [0.717, 1.165) is 6.42 Å². The third-order valence-corrected chi connectivity index (χ3v) is 4.02. The number of nitrogens with zero attached hydrogens (tertiary/aromatic N) is 2. The lowest BCUT2D eigenvalue weighted by molar-refractivity contribution is 0.490. The summed E-state index contributed by atoms with van der Waals surface area (Å²) in [6, 6.07) is 11.3. The second-order valence-electron chi connectivity index (χ2n) is 5.47. The van der Waals surface area contributed by atoms with Gasteiger partial charge in [0.15, 0.2) is 0 Å². The molecule has 18 heavy (non-hydrogen) atoms. The van der Waals surface area contributed by atoms with Crippen LogP contribution in [0, 0.1) is 17.2 Å². The lowest BCUT2D eigenvalue weighted by atomic mass is 9.83. The Kier molecular flexibility index (Phi) is 4.25. The molecule has 96 valence electrons. The Bertz CT molecular complexity index is 414. The topological polar surface area (TPSA) is 27.0 Å². The van der Waals surface area contributed by atoms with Crippen LogP contribution in [0.1, 0.15) is 43.6 Å². The first-order chi connectivity index (χ1) is 8.72. The van der Waals surface area contributed by atoms with Crippen molar-refractivity contribution in [2.45, 2.75) is 38.0 Å². The van der Waals surface area contributed by atoms with Crippen LogP contribution in [0.5, 0.6) is 0 Å². The summed E-state index contributed by atoms with van der Waals surface area (Å²) in [7, 11) is 4.11. The summed E-state index contributed by atoms with van der Waals surface area (Å²) in [6.45, 7) is 0. The van der Waals surface area contributed by atoms with Gasteiger partial charge in [-0.3, -0.25) is 0 Å². The number of benzene rings is 1. The Morgan fingerprint density at radius 3 is 2.33 bits per heavy atom. The second-order valence-corrected chi connectivity index (χ2v) is 5.47. The minimum absolute atomic E-state index is 0.206. The standard InChI is InChI=1S/C16H22N2/c1-18(2)15-10-8-13(9-11-15)16-7-5-3-4-6-14(16)12-17/h8-11,14,16H,3-7H2,1-2H3. The highest BCUT2D eigenvalue weighted by Crippen LogP contribution is 2.36. The largest absolute Gasteiger partial charge is 0.378 e. The van der Waals surface area contributed by atoms with E-state index < -0.39 is 0 Å². The summed E-state index contributed by atoms with van der Waals surface area (Å²) in [5.41, 5.74) is 2.56. The van der Waals surface area contributed by atoms with E-state index in [2.05, 4.69) is 49.3 Å². The zero-order valence-corrected chi connectivity index (χ0v) is 11.4. The van der Waals surface area contributed by atoms with E-state index in [-0.39, 0.29) is 5.92 Å². The van der Waals surface area contributed by atoms with Gasteiger partial charge in [-0.05, 0) is 36.5 Å². The van der Waals surface area contributed by atoms with E-state index >= 15 is 0 Å². The Morgan fingerprint density at radius 2 is 1.72 bits per heavy atom. The first kappa shape index (κ1) is 13.0. The fraction of sp³-hybridized carbons (Fsp3) is 0.562. The van der Waals surface area contributed by atoms with Crippen molar-refractivity contribution in [1.29, 1.82) is 5.26 Å². The fourth-order valence-electron chi connectivity index (χ4n) is 2.88. The number of hydrogen-bond donors (Lipinski definition) is 0. The molecule has 0 saturated heterocycles. The zero-order chi connectivity index (χ0) is 13.0. The molecule has 2 rings (SSSR count). The zero-order valence-electron chi connectivity index (χ0n) is 11.4. The third-order valence-electron chi connectivity index (χ3n) is 4.02. The molecule has 0 spiro atoms. The summed E-state index contributed by atoms with van der Waals surface area (Å²) >= 11 is 0. The van der Waals surface area contributed by atoms with Crippen LogP contribution in [0.4, 0.5) is 5.69 Å². The predicted molar refractivity (Wildman–Crippen MR) is 75.7 cm³/mol. The van der Waals surface area contributed by atoms with Gasteiger partial charge < -0.3 is 4.90 Å². The quantitative estimate of drug-likeness (QED) is 0.734. The van der Waals surface area contributed by atoms with Gasteiger partial charge in [-0.25, -0.2) is 0 Å². The normalized spacial score (nSPS) is 24.1. The average molecular weight is 242 g/mol. The van der Waals surface area contributed by atoms with Gasteiger partial charge >= 0.3 is 0 Å². The molecular formula is C16H22N2. The summed E-state index contributed by atoms with van der Waals surface area (Å²) < 4.78 is 0. The summed E-state index contributed by atoms with van der Waals surface area (Å²) in [5.74, 6) is 0.645. The lowest BCUT2D eigenvalue weighted by Crippen LogP contribution is -2.11. The van der Waals surface area contributed by atoms with Crippen LogP contribution in [0.3, 0.4) is 0 Å². The predicted octanol–water partition coefficient (Wildman–Crippen LogP) is 3.94. The Labute approximate surface area is 110 Å². The maximum absolute atomic E-state index is 9.33. The SMILES string of the molecule is CN(C)c1ccc(C2CCCCCC2C#N)cc1. The molecular weight excluding hydrogens is 220 g/mol. The van der Waals surface area contributed by atoms with Gasteiger partial charge in [0.1, 0.15) is 0 Å². The molecule has 0 aromatic heterocycles. The average Bonchev–Trinajstić information content (AvgIpc) is 2.63. The Hall–Kier alpha value is -1.49. The van der Waals surface area contributed by atoms with Gasteiger partial charge in [-0.2, -0.15) is 5.26 Å². The van der Waals surface area contributed by atoms with E-state index in [1.165, 1.54) is 36.9 Å². The molecule has 0 amide bonds. The molecule has 1 aliphatic carbocycles. The molecule has 2 unspecified atom stereocenters. The highest BCUT2D eigenvalue weighted by Gasteiger charge is 2.24. The first-order valence-electron chi connectivity index (χ1n) is 6.89. The molecule has 1 aromatic rings. The van der Waals surface area contributed by atoms with Gasteiger partial charge in [0.05, 0.1) is 12.0 Å². The first-order valence-corrected chi connectivity index (χ1v) is 6.89. The Morgan fingerprint density at radius 1 is 1.06 bits per heavy atom. The number of rotatable bonds is 2. The van der Waals surface area contributed by atoms with Crippen LogP contribution in [0.25, 0.3) is 0 Å². The van der Waals surface area contributed by atoms with Crippen LogP contribution < -0.4 is 4.90 Å². The number of hydrogen-bond acceptors (Lipinski definition) is 2. The van der Waals surface area contributed by atoms with Gasteiger partial charge in [0.25, 0.3) is 0 Å². The van der Waals surface area contributed by atoms with E-state index in [9.17, 15) is 5.26 Å². The van der Waals surface area contributed by atoms with Crippen LogP contribution in [0.15, 0.2) is 24.3 Å². The highest BCUT2D eigenvalue weighted by molar-refractivity contribution is 5.46. The molecule has 2 heteroatoms. The van der Waals surface area contributed by atoms with Crippen molar-refractivity contribution in [3.8, 4) is 6.07 Å². The molecule has 1 fully saturated rings. The van der Waals surface area contributed by atoms with Crippen molar-refractivity contribution in [3.63, 3.8) is 0 Å². The van der Waals surface area contributed by atoms with Gasteiger partial charge in [0, 0.05) is 19.8 Å². The molecule has 1 aromatic carbocycles. The van der Waals surface area contributed by atoms with Crippen LogP contribution in [0.2, 0.25) is 0 Å². The minimum atomic E-state index is 0.206. The smallest absolute Gasteiger partial charge is 0.0662 e. The van der Waals surface area contributed by atoms with Gasteiger partial charge in [-0.15, -0.1) is 0 Å². The van der Waals surface area contributed by atoms with Gasteiger partial charge in [-0.1, -0.05) is 31.4 Å². The molecule has 1 saturated carbocycles. The van der Waals surface area contributed by atoms with E-state index in [1.54, 1.807) is 0 Å². The molecule has 1 aliphatic rings. The molecule has 2 nitrogen and oxygen atoms in total. The molecule has 2 atom stereocenters. The summed E-state index contributed by atoms with van der Waals surface area (Å²) in [6.07, 6.45) is 5.99. The monoisotopic (exact) mass is 242 g/mol. The van der Waals surface area contributed by atoms with Crippen molar-refractivity contribution in [2.75, 3.05) is 19.0 Å². The molecule has 0 bridgehead atoms. The van der Waals surface area contributed by atoms with E-state index in [4.69, 9.17) is 0 Å². The molecule has 0 aliphatic heterocycles. The maximum atomic E-state index is 9.33. The molecule has 0 N–H and O–H groups in total. The fourth-order valence-corrected chi connectivity index (χ4v) is 2.88. The van der Waals surface area contributed by atoms with Crippen LogP contribution in [-0.4, -0.2) is 14.1 Å². The van der Waals surface area contributed by atoms with Crippen molar-refractivity contribution < 1.29 is 0 Å². The van der Waals surface area contributed by atoms with Crippen molar-refractivity contribution >= 4 is 5.69 Å². The van der Waals surface area contributed by atoms with Crippen LogP contribution in [-0.2, 0) is 0 Å². The number of nitriles is 1. The molecule has 0 heterocycles. The third kappa shape index (κ3) is 2.85. The van der Waals surface area contributed by atoms with Gasteiger partial charge in [0.2, 0.25) is 0 Å². The maximum Gasteiger partial charge on any atom is 0.0662 e.